The zero-order chi connectivity index (χ0) is 55.7. The van der Waals surface area contributed by atoms with Crippen molar-refractivity contribution in [1.29, 1.82) is 0 Å². The maximum absolute atomic E-state index is 12.6. The van der Waals surface area contributed by atoms with Crippen molar-refractivity contribution < 1.29 is 24.5 Å². The van der Waals surface area contributed by atoms with Gasteiger partial charge in [-0.2, -0.15) is 0 Å². The lowest BCUT2D eigenvalue weighted by atomic mass is 10.0. The van der Waals surface area contributed by atoms with Gasteiger partial charge < -0.3 is 20.3 Å². The minimum Gasteiger partial charge on any atom is -0.466 e. The van der Waals surface area contributed by atoms with Crippen molar-refractivity contribution in [3.8, 4) is 0 Å². The minimum absolute atomic E-state index is 0.0177. The topological polar surface area (TPSA) is 95.9 Å². The maximum atomic E-state index is 12.6. The SMILES string of the molecule is CCCCCCCCCCCCCCCCCCCCCCCCC(O)C(CO)NC(=O)CCCCCCCCCCCCCCCCCCCCCCCOC(=O)CCCCCCCCCCCCCCCCCCC. The van der Waals surface area contributed by atoms with Crippen molar-refractivity contribution >= 4 is 11.9 Å². The van der Waals surface area contributed by atoms with Crippen molar-refractivity contribution in [3.63, 3.8) is 0 Å². The summed E-state index contributed by atoms with van der Waals surface area (Å²) < 4.78 is 5.51. The van der Waals surface area contributed by atoms with E-state index in [2.05, 4.69) is 19.2 Å². The van der Waals surface area contributed by atoms with Crippen LogP contribution in [0.4, 0.5) is 0 Å². The molecule has 0 bridgehead atoms. The van der Waals surface area contributed by atoms with Crippen LogP contribution < -0.4 is 5.32 Å². The molecule has 0 spiro atoms. The molecule has 1 amide bonds. The summed E-state index contributed by atoms with van der Waals surface area (Å²) in [6.45, 7) is 5.01. The largest absolute Gasteiger partial charge is 0.466 e. The van der Waals surface area contributed by atoms with Gasteiger partial charge in [-0.25, -0.2) is 0 Å². The number of carbonyl (C=O) groups excluding carboxylic acids is 2. The van der Waals surface area contributed by atoms with Gasteiger partial charge in [0.15, 0.2) is 0 Å². The summed E-state index contributed by atoms with van der Waals surface area (Å²) in [4.78, 5) is 24.7. The van der Waals surface area contributed by atoms with Crippen LogP contribution in [0, 0.1) is 0 Å². The molecular formula is C71H141NO5. The molecule has 2 atom stereocenters. The van der Waals surface area contributed by atoms with Crippen molar-refractivity contribution in [2.24, 2.45) is 0 Å². The molecular weight excluding hydrogens is 947 g/mol. The average molecular weight is 1090 g/mol. The molecule has 0 aromatic carbocycles. The number of nitrogens with one attached hydrogen (secondary N) is 1. The number of hydrogen-bond donors (Lipinski definition) is 3. The smallest absolute Gasteiger partial charge is 0.305 e. The van der Waals surface area contributed by atoms with Crippen LogP contribution in [0.1, 0.15) is 418 Å². The van der Waals surface area contributed by atoms with E-state index in [0.29, 0.717) is 25.9 Å². The van der Waals surface area contributed by atoms with Crippen LogP contribution in [-0.4, -0.2) is 47.4 Å². The van der Waals surface area contributed by atoms with Crippen LogP contribution >= 0.6 is 0 Å². The van der Waals surface area contributed by atoms with E-state index in [4.69, 9.17) is 4.74 Å². The number of rotatable bonds is 68. The molecule has 2 unspecified atom stereocenters. The van der Waals surface area contributed by atoms with Crippen LogP contribution in [0.5, 0.6) is 0 Å². The van der Waals surface area contributed by atoms with E-state index in [1.54, 1.807) is 0 Å². The standard InChI is InChI=1S/C71H141NO5/c1-3-5-7-9-11-13-15-17-19-21-22-23-25-28-32-35-39-43-47-51-55-59-63-69(74)68(67-73)72-70(75)64-60-56-52-48-44-40-36-33-29-26-24-27-30-34-38-42-46-50-54-58-62-66-77-71(76)65-61-57-53-49-45-41-37-31-20-18-16-14-12-10-8-6-4-2/h68-69,73-74H,3-67H2,1-2H3,(H,72,75). The van der Waals surface area contributed by atoms with Gasteiger partial charge in [-0.3, -0.25) is 9.59 Å². The van der Waals surface area contributed by atoms with E-state index in [-0.39, 0.29) is 18.5 Å². The lowest BCUT2D eigenvalue weighted by molar-refractivity contribution is -0.143. The average Bonchev–Trinajstić information content (AvgIpc) is 3.43. The van der Waals surface area contributed by atoms with Gasteiger partial charge in [0, 0.05) is 12.8 Å². The summed E-state index contributed by atoms with van der Waals surface area (Å²) in [5.41, 5.74) is 0. The number of esters is 1. The van der Waals surface area contributed by atoms with E-state index in [1.165, 1.54) is 347 Å². The molecule has 0 aromatic heterocycles. The Labute approximate surface area is 483 Å². The first-order valence-electron chi connectivity index (χ1n) is 35.8. The van der Waals surface area contributed by atoms with Gasteiger partial charge in [-0.1, -0.05) is 380 Å². The third-order valence-electron chi connectivity index (χ3n) is 17.2. The van der Waals surface area contributed by atoms with Crippen molar-refractivity contribution in [2.45, 2.75) is 431 Å². The third-order valence-corrected chi connectivity index (χ3v) is 17.2. The number of amides is 1. The summed E-state index contributed by atoms with van der Waals surface area (Å²) in [6, 6.07) is -0.542. The molecule has 6 nitrogen and oxygen atoms in total. The molecule has 0 aromatic rings. The monoisotopic (exact) mass is 1090 g/mol. The Morgan fingerprint density at radius 2 is 0.532 bits per heavy atom. The van der Waals surface area contributed by atoms with E-state index >= 15 is 0 Å². The number of aliphatic hydroxyl groups is 2. The van der Waals surface area contributed by atoms with Crippen LogP contribution in [0.2, 0.25) is 0 Å². The fourth-order valence-electron chi connectivity index (χ4n) is 11.7. The predicted molar refractivity (Wildman–Crippen MR) is 338 cm³/mol. The number of hydrogen-bond acceptors (Lipinski definition) is 5. The van der Waals surface area contributed by atoms with Crippen LogP contribution in [0.3, 0.4) is 0 Å². The summed E-state index contributed by atoms with van der Waals surface area (Å²) >= 11 is 0. The molecule has 3 N–H and O–H groups in total. The summed E-state index contributed by atoms with van der Waals surface area (Å²) in [7, 11) is 0. The van der Waals surface area contributed by atoms with E-state index in [1.807, 2.05) is 0 Å². The fourth-order valence-corrected chi connectivity index (χ4v) is 11.7. The van der Waals surface area contributed by atoms with Crippen LogP contribution in [0.25, 0.3) is 0 Å². The van der Waals surface area contributed by atoms with Gasteiger partial charge in [-0.15, -0.1) is 0 Å². The van der Waals surface area contributed by atoms with E-state index < -0.39 is 12.1 Å². The first-order chi connectivity index (χ1) is 38.0. The first kappa shape index (κ1) is 75.9. The summed E-state index contributed by atoms with van der Waals surface area (Å²) in [5.74, 6) is -0.0125. The number of unbranched alkanes of at least 4 members (excludes halogenated alkanes) is 57. The second-order valence-electron chi connectivity index (χ2n) is 24.9. The summed E-state index contributed by atoms with van der Waals surface area (Å²) in [5, 5.41) is 23.4. The highest BCUT2D eigenvalue weighted by atomic mass is 16.5. The highest BCUT2D eigenvalue weighted by Crippen LogP contribution is 2.20. The van der Waals surface area contributed by atoms with Crippen molar-refractivity contribution in [1.82, 2.24) is 5.32 Å². The van der Waals surface area contributed by atoms with Gasteiger partial charge in [0.1, 0.15) is 0 Å². The maximum Gasteiger partial charge on any atom is 0.305 e. The quantitative estimate of drug-likeness (QED) is 0.0417. The molecule has 460 valence electrons. The normalized spacial score (nSPS) is 12.4. The Balaban J connectivity index is 3.36. The first-order valence-corrected chi connectivity index (χ1v) is 35.8. The van der Waals surface area contributed by atoms with Gasteiger partial charge in [-0.05, 0) is 25.7 Å². The van der Waals surface area contributed by atoms with Gasteiger partial charge >= 0.3 is 5.97 Å². The molecule has 0 radical (unpaired) electrons. The van der Waals surface area contributed by atoms with E-state index in [9.17, 15) is 19.8 Å². The molecule has 0 saturated heterocycles. The zero-order valence-electron chi connectivity index (χ0n) is 52.7. The Bertz CT molecular complexity index is 1120. The molecule has 0 heterocycles. The van der Waals surface area contributed by atoms with Crippen LogP contribution in [0.15, 0.2) is 0 Å². The van der Waals surface area contributed by atoms with Crippen LogP contribution in [-0.2, 0) is 14.3 Å². The lowest BCUT2D eigenvalue weighted by Gasteiger charge is -2.22. The zero-order valence-corrected chi connectivity index (χ0v) is 52.7. The Morgan fingerprint density at radius 3 is 0.792 bits per heavy atom. The fraction of sp³-hybridized carbons (Fsp3) is 0.972. The predicted octanol–water partition coefficient (Wildman–Crippen LogP) is 23.0. The lowest BCUT2D eigenvalue weighted by Crippen LogP contribution is -2.45. The molecule has 6 heteroatoms. The van der Waals surface area contributed by atoms with Crippen molar-refractivity contribution in [2.75, 3.05) is 13.2 Å². The molecule has 0 rings (SSSR count). The number of aliphatic hydroxyl groups excluding tert-OH is 2. The van der Waals surface area contributed by atoms with Gasteiger partial charge in [0.05, 0.1) is 25.4 Å². The number of carbonyl (C=O) groups is 2. The van der Waals surface area contributed by atoms with E-state index in [0.717, 1.165) is 38.5 Å². The Hall–Kier alpha value is -1.14. The third kappa shape index (κ3) is 63.9. The molecule has 0 aliphatic heterocycles. The highest BCUT2D eigenvalue weighted by molar-refractivity contribution is 5.76. The molecule has 77 heavy (non-hydrogen) atoms. The van der Waals surface area contributed by atoms with Gasteiger partial charge in [0.25, 0.3) is 0 Å². The minimum atomic E-state index is -0.665. The summed E-state index contributed by atoms with van der Waals surface area (Å²) in [6.07, 6.45) is 81.5. The molecule has 0 fully saturated rings. The molecule has 0 aliphatic rings. The Kier molecular flexibility index (Phi) is 66.4. The Morgan fingerprint density at radius 1 is 0.312 bits per heavy atom. The highest BCUT2D eigenvalue weighted by Gasteiger charge is 2.20. The molecule has 0 saturated carbocycles. The molecule has 0 aliphatic carbocycles. The van der Waals surface area contributed by atoms with Gasteiger partial charge in [0.2, 0.25) is 5.91 Å². The second-order valence-corrected chi connectivity index (χ2v) is 24.9. The number of ether oxygens (including phenoxy) is 1. The second kappa shape index (κ2) is 67.4. The van der Waals surface area contributed by atoms with Crippen molar-refractivity contribution in [3.05, 3.63) is 0 Å².